The summed E-state index contributed by atoms with van der Waals surface area (Å²) in [5.74, 6) is -1.07. The van der Waals surface area contributed by atoms with Gasteiger partial charge in [-0.1, -0.05) is 18.5 Å². The van der Waals surface area contributed by atoms with Gasteiger partial charge in [0, 0.05) is 22.7 Å². The number of nitrogens with one attached hydrogen (secondary N) is 2. The number of benzene rings is 2. The normalized spacial score (nSPS) is 26.4. The molecule has 2 aromatic rings. The molecule has 1 atom stereocenters. The number of rotatable bonds is 6. The van der Waals surface area contributed by atoms with Crippen LogP contribution >= 0.6 is 11.6 Å². The number of carbonyl (C=O) groups is 2. The van der Waals surface area contributed by atoms with Gasteiger partial charge in [-0.3, -0.25) is 9.59 Å². The zero-order valence-corrected chi connectivity index (χ0v) is 18.5. The molecule has 5 nitrogen and oxygen atoms in total. The van der Waals surface area contributed by atoms with Gasteiger partial charge in [0.2, 0.25) is 0 Å². The zero-order chi connectivity index (χ0) is 22.9. The van der Waals surface area contributed by atoms with E-state index in [0.717, 1.165) is 38.2 Å². The van der Waals surface area contributed by atoms with Crippen LogP contribution in [0.4, 0.5) is 8.78 Å². The van der Waals surface area contributed by atoms with E-state index in [9.17, 15) is 18.4 Å². The van der Waals surface area contributed by atoms with Crippen LogP contribution in [0.25, 0.3) is 0 Å². The van der Waals surface area contributed by atoms with E-state index in [1.54, 1.807) is 0 Å². The predicted octanol–water partition coefficient (Wildman–Crippen LogP) is 4.63. The van der Waals surface area contributed by atoms with E-state index < -0.39 is 5.82 Å². The van der Waals surface area contributed by atoms with E-state index in [0.29, 0.717) is 5.56 Å². The van der Waals surface area contributed by atoms with Crippen molar-refractivity contribution in [3.05, 3.63) is 64.7 Å². The summed E-state index contributed by atoms with van der Waals surface area (Å²) in [5.41, 5.74) is -0.248. The Morgan fingerprint density at radius 3 is 2.38 bits per heavy atom. The number of carbonyl (C=O) groups excluding carboxylic acids is 2. The molecule has 3 aliphatic rings. The van der Waals surface area contributed by atoms with Crippen LogP contribution in [0.1, 0.15) is 49.4 Å². The second kappa shape index (κ2) is 8.70. The summed E-state index contributed by atoms with van der Waals surface area (Å²) in [5, 5.41) is 6.30. The molecule has 0 spiro atoms. The second-order valence-electron chi connectivity index (χ2n) is 8.92. The van der Waals surface area contributed by atoms with Crippen molar-refractivity contribution < 1.29 is 23.1 Å². The van der Waals surface area contributed by atoms with Crippen LogP contribution in [0.15, 0.2) is 42.5 Å². The van der Waals surface area contributed by atoms with Crippen molar-refractivity contribution in [1.82, 2.24) is 10.6 Å². The van der Waals surface area contributed by atoms with Crippen molar-refractivity contribution in [3.8, 4) is 5.75 Å². The highest BCUT2D eigenvalue weighted by Crippen LogP contribution is 2.50. The summed E-state index contributed by atoms with van der Waals surface area (Å²) in [6, 6.07) is 9.56. The first-order valence-corrected chi connectivity index (χ1v) is 11.1. The molecule has 2 bridgehead atoms. The fraction of sp³-hybridized carbons (Fsp3) is 0.417. The maximum absolute atomic E-state index is 13.5. The molecule has 3 saturated carbocycles. The maximum atomic E-state index is 13.5. The lowest BCUT2D eigenvalue weighted by atomic mass is 9.56. The van der Waals surface area contributed by atoms with Gasteiger partial charge in [0.25, 0.3) is 11.8 Å². The van der Waals surface area contributed by atoms with Crippen molar-refractivity contribution in [3.63, 3.8) is 0 Å². The minimum atomic E-state index is -0.601. The third-order valence-electron chi connectivity index (χ3n) is 6.87. The Morgan fingerprint density at radius 1 is 1.06 bits per heavy atom. The first-order chi connectivity index (χ1) is 15.2. The lowest BCUT2D eigenvalue weighted by Gasteiger charge is -2.57. The molecule has 5 rings (SSSR count). The number of hydrogen-bond donors (Lipinski definition) is 2. The number of ether oxygens (including phenoxy) is 1. The van der Waals surface area contributed by atoms with Crippen LogP contribution in [0.5, 0.6) is 5.75 Å². The molecule has 3 aliphatic carbocycles. The lowest BCUT2D eigenvalue weighted by Crippen LogP contribution is -2.67. The molecule has 0 aliphatic heterocycles. The van der Waals surface area contributed by atoms with Crippen LogP contribution in [0.2, 0.25) is 5.02 Å². The Balaban J connectivity index is 1.34. The summed E-state index contributed by atoms with van der Waals surface area (Å²) >= 11 is 5.66. The van der Waals surface area contributed by atoms with E-state index in [1.165, 1.54) is 36.4 Å². The SMILES string of the molecule is C[C@H]1CC2(NC(=O)COc3ccc(Cl)c(F)c3)CCC1(NC(=O)c1ccc(F)cc1)CC2. The number of amides is 2. The van der Waals surface area contributed by atoms with Gasteiger partial charge in [-0.2, -0.15) is 0 Å². The van der Waals surface area contributed by atoms with E-state index in [1.807, 2.05) is 0 Å². The summed E-state index contributed by atoms with van der Waals surface area (Å²) in [6.45, 7) is 1.86. The highest BCUT2D eigenvalue weighted by atomic mass is 35.5. The molecular weight excluding hydrogens is 438 g/mol. The third-order valence-corrected chi connectivity index (χ3v) is 7.18. The largest absolute Gasteiger partial charge is 0.484 e. The smallest absolute Gasteiger partial charge is 0.258 e. The van der Waals surface area contributed by atoms with Gasteiger partial charge in [-0.15, -0.1) is 0 Å². The van der Waals surface area contributed by atoms with Crippen LogP contribution in [0.3, 0.4) is 0 Å². The van der Waals surface area contributed by atoms with E-state index in [2.05, 4.69) is 17.6 Å². The molecule has 32 heavy (non-hydrogen) atoms. The number of halogens is 3. The van der Waals surface area contributed by atoms with Crippen LogP contribution in [-0.2, 0) is 4.79 Å². The average Bonchev–Trinajstić information content (AvgIpc) is 2.76. The molecule has 8 heteroatoms. The topological polar surface area (TPSA) is 67.4 Å². The van der Waals surface area contributed by atoms with E-state index in [4.69, 9.17) is 16.3 Å². The minimum Gasteiger partial charge on any atom is -0.484 e. The zero-order valence-electron chi connectivity index (χ0n) is 17.7. The van der Waals surface area contributed by atoms with Crippen molar-refractivity contribution in [2.24, 2.45) is 5.92 Å². The molecule has 0 unspecified atom stereocenters. The summed E-state index contributed by atoms with van der Waals surface area (Å²) in [4.78, 5) is 25.3. The highest BCUT2D eigenvalue weighted by molar-refractivity contribution is 6.30. The summed E-state index contributed by atoms with van der Waals surface area (Å²) < 4.78 is 32.1. The first-order valence-electron chi connectivity index (χ1n) is 10.7. The van der Waals surface area contributed by atoms with Crippen LogP contribution in [0, 0.1) is 17.6 Å². The first kappa shape index (κ1) is 22.5. The Bertz CT molecular complexity index is 1020. The average molecular weight is 463 g/mol. The summed E-state index contributed by atoms with van der Waals surface area (Å²) in [7, 11) is 0. The predicted molar refractivity (Wildman–Crippen MR) is 117 cm³/mol. The minimum absolute atomic E-state index is 0.00547. The Morgan fingerprint density at radius 2 is 1.75 bits per heavy atom. The molecule has 0 radical (unpaired) electrons. The molecule has 2 aromatic carbocycles. The number of hydrogen-bond acceptors (Lipinski definition) is 3. The van der Waals surface area contributed by atoms with Gasteiger partial charge in [-0.25, -0.2) is 8.78 Å². The Kier molecular flexibility index (Phi) is 6.12. The molecule has 0 saturated heterocycles. The van der Waals surface area contributed by atoms with Crippen molar-refractivity contribution in [2.45, 2.75) is 50.1 Å². The molecule has 3 fully saturated rings. The quantitative estimate of drug-likeness (QED) is 0.657. The molecular formula is C24H25ClF2N2O3. The molecule has 2 amide bonds. The van der Waals surface area contributed by atoms with Gasteiger partial charge in [-0.05, 0) is 74.4 Å². The van der Waals surface area contributed by atoms with Gasteiger partial charge >= 0.3 is 0 Å². The monoisotopic (exact) mass is 462 g/mol. The fourth-order valence-electron chi connectivity index (χ4n) is 5.02. The lowest BCUT2D eigenvalue weighted by molar-refractivity contribution is -0.127. The second-order valence-corrected chi connectivity index (χ2v) is 9.32. The van der Waals surface area contributed by atoms with Crippen molar-refractivity contribution >= 4 is 23.4 Å². The molecule has 0 heterocycles. The van der Waals surface area contributed by atoms with Crippen molar-refractivity contribution in [1.29, 1.82) is 0 Å². The standard InChI is InChI=1S/C24H25ClF2N2O3/c1-15-13-23(28-21(30)14-32-18-6-7-19(25)20(27)12-18)8-10-24(15,11-9-23)29-22(31)16-2-4-17(26)5-3-16/h2-7,12,15H,8-11,13-14H2,1H3,(H,28,30)(H,29,31)/t15-,23?,24?/m0/s1. The summed E-state index contributed by atoms with van der Waals surface area (Å²) in [6.07, 6.45) is 3.69. The van der Waals surface area contributed by atoms with Crippen molar-refractivity contribution in [2.75, 3.05) is 6.61 Å². The van der Waals surface area contributed by atoms with Crippen LogP contribution < -0.4 is 15.4 Å². The Labute approximate surface area is 190 Å². The van der Waals surface area contributed by atoms with E-state index in [-0.39, 0.29) is 52.0 Å². The fourth-order valence-corrected chi connectivity index (χ4v) is 5.14. The molecule has 2 N–H and O–H groups in total. The molecule has 0 aromatic heterocycles. The van der Waals surface area contributed by atoms with Gasteiger partial charge < -0.3 is 15.4 Å². The third kappa shape index (κ3) is 4.58. The maximum Gasteiger partial charge on any atom is 0.258 e. The van der Waals surface area contributed by atoms with Crippen LogP contribution in [-0.4, -0.2) is 29.5 Å². The Hall–Kier alpha value is -2.67. The van der Waals surface area contributed by atoms with E-state index >= 15 is 0 Å². The molecule has 170 valence electrons. The van der Waals surface area contributed by atoms with Gasteiger partial charge in [0.15, 0.2) is 6.61 Å². The number of fused-ring (bicyclic) bond motifs is 3. The van der Waals surface area contributed by atoms with Gasteiger partial charge in [0.1, 0.15) is 17.4 Å². The highest BCUT2D eigenvalue weighted by Gasteiger charge is 2.54. The van der Waals surface area contributed by atoms with Gasteiger partial charge in [0.05, 0.1) is 5.02 Å².